The minimum absolute atomic E-state index is 0.609. The molecule has 1 aliphatic heterocycles. The molecule has 2 unspecified atom stereocenters. The van der Waals surface area contributed by atoms with E-state index in [9.17, 15) is 0 Å². The Morgan fingerprint density at radius 3 is 2.67 bits per heavy atom. The summed E-state index contributed by atoms with van der Waals surface area (Å²) >= 11 is 0. The predicted molar refractivity (Wildman–Crippen MR) is 70.8 cm³/mol. The minimum Gasteiger partial charge on any atom is -0.378 e. The van der Waals surface area contributed by atoms with Crippen LogP contribution in [0.3, 0.4) is 0 Å². The highest BCUT2D eigenvalue weighted by Crippen LogP contribution is 2.17. The fraction of sp³-hybridized carbons (Fsp3) is 1.00. The zero-order chi connectivity index (χ0) is 10.9. The molecular weight excluding hydrogens is 204 g/mol. The molecule has 15 heavy (non-hydrogen) atoms. The van der Waals surface area contributed by atoms with Gasteiger partial charge in [0.25, 0.3) is 0 Å². The first-order valence-electron chi connectivity index (χ1n) is 6.53. The molecule has 0 spiro atoms. The zero-order valence-corrected chi connectivity index (χ0v) is 11.3. The van der Waals surface area contributed by atoms with Crippen molar-refractivity contribution in [3.8, 4) is 0 Å². The van der Waals surface area contributed by atoms with Gasteiger partial charge in [0.2, 0.25) is 0 Å². The molecule has 1 aliphatic rings. The van der Waals surface area contributed by atoms with Crippen LogP contribution in [-0.2, 0) is 15.6 Å². The number of hydrogen-bond acceptors (Lipinski definition) is 1. The van der Waals surface area contributed by atoms with Crippen LogP contribution in [0.25, 0.3) is 0 Å². The van der Waals surface area contributed by atoms with Gasteiger partial charge in [-0.2, -0.15) is 0 Å². The van der Waals surface area contributed by atoms with Crippen molar-refractivity contribution < 1.29 is 4.74 Å². The van der Waals surface area contributed by atoms with Gasteiger partial charge >= 0.3 is 0 Å². The molecule has 1 fully saturated rings. The van der Waals surface area contributed by atoms with E-state index in [-0.39, 0.29) is 0 Å². The van der Waals surface area contributed by atoms with Gasteiger partial charge in [0.1, 0.15) is 11.5 Å². The van der Waals surface area contributed by atoms with Crippen molar-refractivity contribution in [2.45, 2.75) is 58.0 Å². The maximum absolute atomic E-state index is 5.64. The summed E-state index contributed by atoms with van der Waals surface area (Å²) in [5.41, 5.74) is 0. The Kier molecular flexibility index (Phi) is 7.54. The van der Waals surface area contributed by atoms with Crippen molar-refractivity contribution in [2.75, 3.05) is 24.4 Å². The topological polar surface area (TPSA) is 9.23 Å². The van der Waals surface area contributed by atoms with Crippen LogP contribution in [0, 0.1) is 0 Å². The molecule has 0 bridgehead atoms. The van der Waals surface area contributed by atoms with Crippen LogP contribution >= 0.6 is 0 Å². The molecule has 2 atom stereocenters. The predicted octanol–water partition coefficient (Wildman–Crippen LogP) is 3.38. The van der Waals surface area contributed by atoms with Gasteiger partial charge in [0, 0.05) is 6.61 Å². The van der Waals surface area contributed by atoms with E-state index in [0.717, 1.165) is 6.61 Å². The summed E-state index contributed by atoms with van der Waals surface area (Å²) in [6, 6.07) is 0. The zero-order valence-electron chi connectivity index (χ0n) is 10.5. The Balaban J connectivity index is 1.89. The molecule has 0 aliphatic carbocycles. The summed E-state index contributed by atoms with van der Waals surface area (Å²) < 4.78 is 5.64. The number of hydrogen-bond donors (Lipinski definition) is 0. The lowest BCUT2D eigenvalue weighted by atomic mass is 10.1. The Labute approximate surface area is 98.3 Å². The molecule has 0 amide bonds. The third kappa shape index (κ3) is 6.47. The molecule has 2 heteroatoms. The van der Waals surface area contributed by atoms with Crippen molar-refractivity contribution in [1.29, 1.82) is 0 Å². The Morgan fingerprint density at radius 2 is 2.00 bits per heavy atom. The third-order valence-electron chi connectivity index (χ3n) is 3.14. The average molecular weight is 231 g/mol. The standard InChI is InChI=1S/C13H27OS/c1-3-4-5-11-15(2)12-7-9-13-8-6-10-14-13/h13H,3-12H2,1-2H3/q+1. The van der Waals surface area contributed by atoms with E-state index in [1.54, 1.807) is 0 Å². The van der Waals surface area contributed by atoms with E-state index in [0.29, 0.717) is 17.0 Å². The molecule has 1 saturated heterocycles. The Morgan fingerprint density at radius 1 is 1.20 bits per heavy atom. The molecule has 90 valence electrons. The highest BCUT2D eigenvalue weighted by molar-refractivity contribution is 7.96. The van der Waals surface area contributed by atoms with Crippen LogP contribution < -0.4 is 0 Å². The number of ether oxygens (including phenoxy) is 1. The van der Waals surface area contributed by atoms with Gasteiger partial charge in [0.15, 0.2) is 0 Å². The third-order valence-corrected chi connectivity index (χ3v) is 5.11. The Hall–Kier alpha value is 0.310. The van der Waals surface area contributed by atoms with E-state index in [1.807, 2.05) is 0 Å². The van der Waals surface area contributed by atoms with Gasteiger partial charge in [-0.15, -0.1) is 0 Å². The van der Waals surface area contributed by atoms with Crippen LogP contribution in [-0.4, -0.2) is 30.5 Å². The molecule has 0 N–H and O–H groups in total. The second-order valence-electron chi connectivity index (χ2n) is 4.67. The largest absolute Gasteiger partial charge is 0.378 e. The van der Waals surface area contributed by atoms with Gasteiger partial charge in [-0.05, 0) is 49.4 Å². The van der Waals surface area contributed by atoms with Crippen molar-refractivity contribution in [2.24, 2.45) is 0 Å². The second kappa shape index (κ2) is 8.46. The van der Waals surface area contributed by atoms with Crippen molar-refractivity contribution in [1.82, 2.24) is 0 Å². The smallest absolute Gasteiger partial charge is 0.108 e. The lowest BCUT2D eigenvalue weighted by Gasteiger charge is -2.08. The summed E-state index contributed by atoms with van der Waals surface area (Å²) in [6.45, 7) is 3.30. The molecular formula is C13H27OS+. The minimum atomic E-state index is 0.609. The van der Waals surface area contributed by atoms with E-state index in [2.05, 4.69) is 13.2 Å². The van der Waals surface area contributed by atoms with Crippen LogP contribution in [0.1, 0.15) is 51.9 Å². The summed E-state index contributed by atoms with van der Waals surface area (Å²) in [7, 11) is 0.673. The van der Waals surface area contributed by atoms with Crippen molar-refractivity contribution in [3.63, 3.8) is 0 Å². The molecule has 1 heterocycles. The highest BCUT2D eigenvalue weighted by atomic mass is 32.2. The van der Waals surface area contributed by atoms with Crippen LogP contribution in [0.5, 0.6) is 0 Å². The summed E-state index contributed by atoms with van der Waals surface area (Å²) in [6.07, 6.45) is 12.6. The van der Waals surface area contributed by atoms with Gasteiger partial charge in [0.05, 0.1) is 12.4 Å². The summed E-state index contributed by atoms with van der Waals surface area (Å²) in [4.78, 5) is 0. The quantitative estimate of drug-likeness (QED) is 0.460. The van der Waals surface area contributed by atoms with Gasteiger partial charge in [-0.3, -0.25) is 0 Å². The van der Waals surface area contributed by atoms with Crippen LogP contribution in [0.2, 0.25) is 0 Å². The van der Waals surface area contributed by atoms with E-state index in [4.69, 9.17) is 4.74 Å². The first-order valence-corrected chi connectivity index (χ1v) is 8.50. The summed E-state index contributed by atoms with van der Waals surface area (Å²) in [5, 5.41) is 0. The van der Waals surface area contributed by atoms with Gasteiger partial charge < -0.3 is 4.74 Å². The van der Waals surface area contributed by atoms with Gasteiger partial charge in [-0.25, -0.2) is 0 Å². The fourth-order valence-corrected chi connectivity index (χ4v) is 3.69. The molecule has 1 nitrogen and oxygen atoms in total. The molecule has 0 aromatic heterocycles. The monoisotopic (exact) mass is 231 g/mol. The van der Waals surface area contributed by atoms with Crippen LogP contribution in [0.15, 0.2) is 0 Å². The highest BCUT2D eigenvalue weighted by Gasteiger charge is 2.17. The summed E-state index contributed by atoms with van der Waals surface area (Å²) in [5.74, 6) is 2.89. The van der Waals surface area contributed by atoms with Crippen LogP contribution in [0.4, 0.5) is 0 Å². The lowest BCUT2D eigenvalue weighted by Crippen LogP contribution is -2.13. The molecule has 0 aromatic carbocycles. The SMILES string of the molecule is CCCCC[S+](C)CCCC1CCCO1. The lowest BCUT2D eigenvalue weighted by molar-refractivity contribution is 0.104. The average Bonchev–Trinajstić information content (AvgIpc) is 2.71. The molecule has 0 radical (unpaired) electrons. The van der Waals surface area contributed by atoms with E-state index in [1.165, 1.54) is 56.5 Å². The normalized spacial score (nSPS) is 23.2. The first-order chi connectivity index (χ1) is 7.33. The van der Waals surface area contributed by atoms with Gasteiger partial charge in [-0.1, -0.05) is 13.3 Å². The first kappa shape index (κ1) is 13.4. The van der Waals surface area contributed by atoms with E-state index < -0.39 is 0 Å². The number of unbranched alkanes of at least 4 members (excludes halogenated alkanes) is 2. The second-order valence-corrected chi connectivity index (χ2v) is 7.05. The maximum atomic E-state index is 5.64. The maximum Gasteiger partial charge on any atom is 0.108 e. The number of rotatable bonds is 8. The Bertz CT molecular complexity index is 143. The van der Waals surface area contributed by atoms with Crippen molar-refractivity contribution in [3.05, 3.63) is 0 Å². The molecule has 0 saturated carbocycles. The molecule has 1 rings (SSSR count). The van der Waals surface area contributed by atoms with E-state index >= 15 is 0 Å². The molecule has 0 aromatic rings. The van der Waals surface area contributed by atoms with Crippen molar-refractivity contribution >= 4 is 10.9 Å². The fourth-order valence-electron chi connectivity index (χ4n) is 2.13.